The van der Waals surface area contributed by atoms with Crippen LogP contribution in [0.4, 0.5) is 4.39 Å². The van der Waals surface area contributed by atoms with E-state index in [2.05, 4.69) is 25.1 Å². The third-order valence-corrected chi connectivity index (χ3v) is 8.60. The number of hydrogen-bond donors (Lipinski definition) is 0. The fourth-order valence-corrected chi connectivity index (χ4v) is 6.86. The largest absolute Gasteiger partial charge is 0.486 e. The van der Waals surface area contributed by atoms with Crippen molar-refractivity contribution in [3.63, 3.8) is 0 Å². The lowest BCUT2D eigenvalue weighted by molar-refractivity contribution is 0.0747. The molecule has 0 radical (unpaired) electrons. The van der Waals surface area contributed by atoms with Crippen molar-refractivity contribution in [2.75, 3.05) is 6.61 Å². The molecular weight excluding hydrogens is 383 g/mol. The lowest BCUT2D eigenvalue weighted by Gasteiger charge is -2.45. The van der Waals surface area contributed by atoms with E-state index in [4.69, 9.17) is 4.74 Å². The summed E-state index contributed by atoms with van der Waals surface area (Å²) in [6.07, 6.45) is 22.3. The van der Waals surface area contributed by atoms with Crippen LogP contribution in [0.3, 0.4) is 0 Å². The van der Waals surface area contributed by atoms with Gasteiger partial charge in [-0.2, -0.15) is 0 Å². The van der Waals surface area contributed by atoms with Crippen LogP contribution in [0.15, 0.2) is 42.5 Å². The Balaban J connectivity index is 1.29. The van der Waals surface area contributed by atoms with Crippen LogP contribution in [0.1, 0.15) is 89.5 Å². The maximum Gasteiger partial charge on any atom is 0.165 e. The highest BCUT2D eigenvalue weighted by Crippen LogP contribution is 2.51. The Kier molecular flexibility index (Phi) is 7.91. The SMILES string of the molecule is C/C=C/COc1ccc(C2CCC3CC(C4CCC(/C=C/C)CC4)CCC3C2)cc1F. The molecule has 1 aromatic carbocycles. The molecule has 0 amide bonds. The van der Waals surface area contributed by atoms with E-state index < -0.39 is 0 Å². The van der Waals surface area contributed by atoms with Gasteiger partial charge < -0.3 is 4.74 Å². The molecule has 4 atom stereocenters. The Morgan fingerprint density at radius 3 is 2.23 bits per heavy atom. The summed E-state index contributed by atoms with van der Waals surface area (Å²) >= 11 is 0. The van der Waals surface area contributed by atoms with E-state index in [1.165, 1.54) is 69.8 Å². The molecule has 0 aromatic heterocycles. The molecule has 0 bridgehead atoms. The molecule has 0 aliphatic heterocycles. The van der Waals surface area contributed by atoms with Gasteiger partial charge in [0, 0.05) is 0 Å². The highest BCUT2D eigenvalue weighted by atomic mass is 19.1. The predicted octanol–water partition coefficient (Wildman–Crippen LogP) is 8.46. The molecule has 1 nitrogen and oxygen atoms in total. The molecule has 1 aromatic rings. The maximum absolute atomic E-state index is 14.5. The first-order valence-corrected chi connectivity index (χ1v) is 12.8. The zero-order valence-electron chi connectivity index (χ0n) is 19.6. The highest BCUT2D eigenvalue weighted by molar-refractivity contribution is 5.32. The van der Waals surface area contributed by atoms with Crippen LogP contribution in [0.5, 0.6) is 5.75 Å². The molecule has 3 fully saturated rings. The summed E-state index contributed by atoms with van der Waals surface area (Å²) in [6, 6.07) is 5.68. The first kappa shape index (κ1) is 22.6. The number of allylic oxidation sites excluding steroid dienone is 3. The van der Waals surface area contributed by atoms with Crippen LogP contribution >= 0.6 is 0 Å². The molecule has 0 spiro atoms. The molecule has 4 unspecified atom stereocenters. The average Bonchev–Trinajstić information content (AvgIpc) is 2.80. The Morgan fingerprint density at radius 2 is 1.52 bits per heavy atom. The van der Waals surface area contributed by atoms with E-state index in [0.717, 1.165) is 29.6 Å². The second-order valence-corrected chi connectivity index (χ2v) is 10.4. The van der Waals surface area contributed by atoms with Crippen molar-refractivity contribution >= 4 is 0 Å². The van der Waals surface area contributed by atoms with Crippen molar-refractivity contribution in [2.24, 2.45) is 29.6 Å². The minimum Gasteiger partial charge on any atom is -0.486 e. The molecular formula is C29H41FO. The molecule has 0 heterocycles. The molecule has 2 heteroatoms. The normalized spacial score (nSPS) is 34.2. The van der Waals surface area contributed by atoms with Gasteiger partial charge >= 0.3 is 0 Å². The minimum atomic E-state index is -0.207. The topological polar surface area (TPSA) is 9.23 Å². The smallest absolute Gasteiger partial charge is 0.165 e. The summed E-state index contributed by atoms with van der Waals surface area (Å²) in [5.41, 5.74) is 1.18. The van der Waals surface area contributed by atoms with Gasteiger partial charge in [0.2, 0.25) is 0 Å². The third-order valence-electron chi connectivity index (χ3n) is 8.60. The third kappa shape index (κ3) is 5.62. The Bertz CT molecular complexity index is 758. The number of ether oxygens (including phenoxy) is 1. The highest BCUT2D eigenvalue weighted by Gasteiger charge is 2.39. The van der Waals surface area contributed by atoms with Crippen LogP contribution < -0.4 is 4.74 Å². The van der Waals surface area contributed by atoms with E-state index >= 15 is 0 Å². The zero-order chi connectivity index (χ0) is 21.6. The van der Waals surface area contributed by atoms with Crippen LogP contribution in [-0.4, -0.2) is 6.61 Å². The second-order valence-electron chi connectivity index (χ2n) is 10.4. The molecule has 4 rings (SSSR count). The van der Waals surface area contributed by atoms with Crippen molar-refractivity contribution in [1.29, 1.82) is 0 Å². The van der Waals surface area contributed by atoms with Crippen LogP contribution in [0, 0.1) is 35.4 Å². The molecule has 3 aliphatic carbocycles. The van der Waals surface area contributed by atoms with Crippen molar-refractivity contribution < 1.29 is 9.13 Å². The van der Waals surface area contributed by atoms with Crippen LogP contribution in [-0.2, 0) is 0 Å². The standard InChI is InChI=1S/C29H41FO/c1-3-5-17-31-29-16-15-27(20-28(29)30)26-14-13-24-18-23(11-12-25(24)19-26)22-9-7-21(6-4-2)8-10-22/h3-6,15-16,20-26H,7-14,17-19H2,1-2H3/b5-3+,6-4+. The van der Waals surface area contributed by atoms with Crippen molar-refractivity contribution in [3.8, 4) is 5.75 Å². The van der Waals surface area contributed by atoms with Gasteiger partial charge in [0.05, 0.1) is 0 Å². The van der Waals surface area contributed by atoms with Gasteiger partial charge in [0.1, 0.15) is 6.61 Å². The number of fused-ring (bicyclic) bond motifs is 1. The molecule has 3 aliphatic rings. The van der Waals surface area contributed by atoms with Gasteiger partial charge in [0.25, 0.3) is 0 Å². The predicted molar refractivity (Wildman–Crippen MR) is 128 cm³/mol. The van der Waals surface area contributed by atoms with Gasteiger partial charge in [-0.3, -0.25) is 0 Å². The van der Waals surface area contributed by atoms with E-state index in [1.807, 2.05) is 25.1 Å². The van der Waals surface area contributed by atoms with Crippen molar-refractivity contribution in [3.05, 3.63) is 53.9 Å². The summed E-state index contributed by atoms with van der Waals surface area (Å²) in [5.74, 6) is 5.24. The zero-order valence-corrected chi connectivity index (χ0v) is 19.6. The summed E-state index contributed by atoms with van der Waals surface area (Å²) in [4.78, 5) is 0. The number of hydrogen-bond acceptors (Lipinski definition) is 1. The molecule has 31 heavy (non-hydrogen) atoms. The van der Waals surface area contributed by atoms with E-state index in [1.54, 1.807) is 6.07 Å². The summed E-state index contributed by atoms with van der Waals surface area (Å²) < 4.78 is 20.1. The lowest BCUT2D eigenvalue weighted by Crippen LogP contribution is -2.34. The second kappa shape index (κ2) is 10.8. The van der Waals surface area contributed by atoms with Crippen molar-refractivity contribution in [2.45, 2.75) is 84.0 Å². The van der Waals surface area contributed by atoms with Gasteiger partial charge in [-0.15, -0.1) is 0 Å². The number of rotatable bonds is 6. The maximum atomic E-state index is 14.5. The quantitative estimate of drug-likeness (QED) is 0.416. The minimum absolute atomic E-state index is 0.207. The fourth-order valence-electron chi connectivity index (χ4n) is 6.86. The van der Waals surface area contributed by atoms with E-state index in [-0.39, 0.29) is 5.82 Å². The van der Waals surface area contributed by atoms with Gasteiger partial charge in [-0.05, 0) is 131 Å². The Hall–Kier alpha value is -1.57. The van der Waals surface area contributed by atoms with Gasteiger partial charge in [-0.1, -0.05) is 30.4 Å². The van der Waals surface area contributed by atoms with Crippen LogP contribution in [0.25, 0.3) is 0 Å². The molecule has 170 valence electrons. The lowest BCUT2D eigenvalue weighted by atomic mass is 9.60. The molecule has 0 N–H and O–H groups in total. The van der Waals surface area contributed by atoms with Gasteiger partial charge in [0.15, 0.2) is 11.6 Å². The van der Waals surface area contributed by atoms with E-state index in [9.17, 15) is 4.39 Å². The Morgan fingerprint density at radius 1 is 0.839 bits per heavy atom. The average molecular weight is 425 g/mol. The first-order valence-electron chi connectivity index (χ1n) is 12.8. The number of halogens is 1. The molecule has 0 saturated heterocycles. The monoisotopic (exact) mass is 424 g/mol. The summed E-state index contributed by atoms with van der Waals surface area (Å²) in [6.45, 7) is 4.53. The summed E-state index contributed by atoms with van der Waals surface area (Å²) in [7, 11) is 0. The Labute approximate surface area is 189 Å². The first-order chi connectivity index (χ1) is 15.2. The van der Waals surface area contributed by atoms with Crippen LogP contribution in [0.2, 0.25) is 0 Å². The van der Waals surface area contributed by atoms with Crippen molar-refractivity contribution in [1.82, 2.24) is 0 Å². The summed E-state index contributed by atoms with van der Waals surface area (Å²) in [5, 5.41) is 0. The van der Waals surface area contributed by atoms with E-state index in [0.29, 0.717) is 18.3 Å². The molecule has 3 saturated carbocycles. The van der Waals surface area contributed by atoms with Gasteiger partial charge in [-0.25, -0.2) is 4.39 Å². The fraction of sp³-hybridized carbons (Fsp3) is 0.655. The number of benzene rings is 1.